The molecule has 0 amide bonds. The van der Waals surface area contributed by atoms with Crippen molar-refractivity contribution in [2.75, 3.05) is 28.4 Å². The number of nitrogens with zero attached hydrogens (tertiary/aromatic N) is 1. The smallest absolute Gasteiger partial charge is 0.338 e. The van der Waals surface area contributed by atoms with Gasteiger partial charge in [-0.15, -0.1) is 0 Å². The van der Waals surface area contributed by atoms with Crippen molar-refractivity contribution in [2.24, 2.45) is 0 Å². The van der Waals surface area contributed by atoms with Gasteiger partial charge < -0.3 is 18.9 Å². The van der Waals surface area contributed by atoms with Gasteiger partial charge in [-0.05, 0) is 44.9 Å². The first-order chi connectivity index (χ1) is 11.6. The molecule has 3 rings (SSSR count). The molecule has 1 aromatic carbocycles. The number of likely N-dealkylation sites (N-methyl/N-ethyl adjacent to an activating group) is 1. The van der Waals surface area contributed by atoms with E-state index in [4.69, 9.17) is 18.9 Å². The Kier molecular flexibility index (Phi) is 4.85. The van der Waals surface area contributed by atoms with Crippen LogP contribution in [0.1, 0.15) is 36.0 Å². The van der Waals surface area contributed by atoms with Crippen molar-refractivity contribution in [1.82, 2.24) is 4.90 Å². The van der Waals surface area contributed by atoms with Gasteiger partial charge in [0.15, 0.2) is 11.5 Å². The number of hydrogen-bond acceptors (Lipinski definition) is 6. The number of fused-ring (bicyclic) bond motifs is 2. The van der Waals surface area contributed by atoms with Crippen molar-refractivity contribution in [3.05, 3.63) is 17.7 Å². The molecule has 0 unspecified atom stereocenters. The molecule has 2 saturated heterocycles. The number of rotatable bonds is 5. The highest BCUT2D eigenvalue weighted by molar-refractivity contribution is 5.91. The van der Waals surface area contributed by atoms with Crippen LogP contribution in [0.25, 0.3) is 0 Å². The predicted molar refractivity (Wildman–Crippen MR) is 89.1 cm³/mol. The highest BCUT2D eigenvalue weighted by atomic mass is 16.5. The molecule has 0 saturated carbocycles. The van der Waals surface area contributed by atoms with Gasteiger partial charge in [-0.1, -0.05) is 0 Å². The number of carbonyl (C=O) groups excluding carboxylic acids is 1. The monoisotopic (exact) mass is 335 g/mol. The molecule has 0 spiro atoms. The van der Waals surface area contributed by atoms with Gasteiger partial charge in [-0.2, -0.15) is 0 Å². The lowest BCUT2D eigenvalue weighted by Crippen LogP contribution is -2.46. The predicted octanol–water partition coefficient (Wildman–Crippen LogP) is 2.49. The van der Waals surface area contributed by atoms with Crippen LogP contribution in [-0.4, -0.2) is 57.4 Å². The molecule has 0 N–H and O–H groups in total. The lowest BCUT2D eigenvalue weighted by molar-refractivity contribution is -0.0130. The lowest BCUT2D eigenvalue weighted by atomic mass is 10.0. The normalized spacial score (nSPS) is 26.1. The Morgan fingerprint density at radius 3 is 2.21 bits per heavy atom. The number of piperidine rings is 1. The summed E-state index contributed by atoms with van der Waals surface area (Å²) in [5.74, 6) is 1.02. The molecule has 2 aliphatic heterocycles. The molecule has 1 aromatic rings. The zero-order chi connectivity index (χ0) is 17.3. The standard InChI is InChI=1S/C18H25NO5/c1-19-12-5-7-13(19)14(8-6-12)24-18(20)11-9-15(21-2)17(23-4)16(10-11)22-3/h9-10,12-14H,5-8H2,1-4H3/t12-,13+,14+/m0/s1. The van der Waals surface area contributed by atoms with Crippen LogP contribution in [0.4, 0.5) is 0 Å². The third kappa shape index (κ3) is 2.90. The highest BCUT2D eigenvalue weighted by Crippen LogP contribution is 2.39. The van der Waals surface area contributed by atoms with E-state index in [0.29, 0.717) is 34.9 Å². The second-order valence-corrected chi connectivity index (χ2v) is 6.40. The Hall–Kier alpha value is -1.95. The van der Waals surface area contributed by atoms with Crippen LogP contribution >= 0.6 is 0 Å². The third-order valence-corrected chi connectivity index (χ3v) is 5.27. The van der Waals surface area contributed by atoms with Crippen LogP contribution in [0.3, 0.4) is 0 Å². The van der Waals surface area contributed by atoms with Crippen molar-refractivity contribution in [1.29, 1.82) is 0 Å². The van der Waals surface area contributed by atoms with Gasteiger partial charge in [-0.25, -0.2) is 4.79 Å². The highest BCUT2D eigenvalue weighted by Gasteiger charge is 2.42. The number of ether oxygens (including phenoxy) is 4. The molecule has 0 aromatic heterocycles. The van der Waals surface area contributed by atoms with E-state index in [0.717, 1.165) is 19.3 Å². The summed E-state index contributed by atoms with van der Waals surface area (Å²) in [6.45, 7) is 0. The second-order valence-electron chi connectivity index (χ2n) is 6.40. The van der Waals surface area contributed by atoms with Gasteiger partial charge >= 0.3 is 5.97 Å². The molecule has 0 radical (unpaired) electrons. The van der Waals surface area contributed by atoms with Crippen molar-refractivity contribution in [3.63, 3.8) is 0 Å². The molecule has 3 atom stereocenters. The van der Waals surface area contributed by atoms with Gasteiger partial charge in [0, 0.05) is 12.1 Å². The summed E-state index contributed by atoms with van der Waals surface area (Å²) >= 11 is 0. The molecule has 6 nitrogen and oxygen atoms in total. The first-order valence-electron chi connectivity index (χ1n) is 8.32. The fraction of sp³-hybridized carbons (Fsp3) is 0.611. The fourth-order valence-corrected chi connectivity index (χ4v) is 3.93. The summed E-state index contributed by atoms with van der Waals surface area (Å²) in [6, 6.07) is 4.24. The van der Waals surface area contributed by atoms with E-state index in [-0.39, 0.29) is 12.1 Å². The molecular formula is C18H25NO5. The number of carbonyl (C=O) groups is 1. The molecule has 132 valence electrons. The summed E-state index contributed by atoms with van der Waals surface area (Å²) in [7, 11) is 6.72. The molecular weight excluding hydrogens is 310 g/mol. The Balaban J connectivity index is 1.80. The minimum Gasteiger partial charge on any atom is -0.493 e. The van der Waals surface area contributed by atoms with Gasteiger partial charge in [0.2, 0.25) is 5.75 Å². The molecule has 2 heterocycles. The molecule has 2 fully saturated rings. The van der Waals surface area contributed by atoms with Crippen molar-refractivity contribution in [3.8, 4) is 17.2 Å². The number of hydrogen-bond donors (Lipinski definition) is 0. The van der Waals surface area contributed by atoms with Crippen molar-refractivity contribution >= 4 is 5.97 Å². The van der Waals surface area contributed by atoms with E-state index >= 15 is 0 Å². The van der Waals surface area contributed by atoms with E-state index in [1.54, 1.807) is 12.1 Å². The summed E-state index contributed by atoms with van der Waals surface area (Å²) in [4.78, 5) is 15.0. The number of esters is 1. The average molecular weight is 335 g/mol. The van der Waals surface area contributed by atoms with E-state index in [1.165, 1.54) is 27.8 Å². The topological polar surface area (TPSA) is 57.2 Å². The van der Waals surface area contributed by atoms with Gasteiger partial charge in [0.05, 0.1) is 26.9 Å². The number of benzene rings is 1. The van der Waals surface area contributed by atoms with Crippen LogP contribution in [-0.2, 0) is 4.74 Å². The summed E-state index contributed by atoms with van der Waals surface area (Å²) < 4.78 is 21.7. The Morgan fingerprint density at radius 2 is 1.62 bits per heavy atom. The first kappa shape index (κ1) is 16.9. The van der Waals surface area contributed by atoms with Crippen LogP contribution in [0.15, 0.2) is 12.1 Å². The van der Waals surface area contributed by atoms with Gasteiger partial charge in [0.25, 0.3) is 0 Å². The second kappa shape index (κ2) is 6.89. The maximum absolute atomic E-state index is 12.6. The Bertz CT molecular complexity index is 592. The SMILES string of the molecule is COc1cc(C(=O)O[C@@H]2CC[C@@H]3CC[C@H]2N3C)cc(OC)c1OC. The van der Waals surface area contributed by atoms with Crippen molar-refractivity contribution < 1.29 is 23.7 Å². The van der Waals surface area contributed by atoms with E-state index in [1.807, 2.05) is 0 Å². The third-order valence-electron chi connectivity index (χ3n) is 5.27. The number of methoxy groups -OCH3 is 3. The quantitative estimate of drug-likeness (QED) is 0.771. The minimum absolute atomic E-state index is 0.0552. The summed E-state index contributed by atoms with van der Waals surface area (Å²) in [5.41, 5.74) is 0.410. The molecule has 2 aliphatic rings. The first-order valence-corrected chi connectivity index (χ1v) is 8.32. The van der Waals surface area contributed by atoms with Crippen LogP contribution in [0.5, 0.6) is 17.2 Å². The van der Waals surface area contributed by atoms with E-state index < -0.39 is 0 Å². The summed E-state index contributed by atoms with van der Waals surface area (Å²) in [5, 5.41) is 0. The van der Waals surface area contributed by atoms with E-state index in [2.05, 4.69) is 11.9 Å². The molecule has 24 heavy (non-hydrogen) atoms. The van der Waals surface area contributed by atoms with Gasteiger partial charge in [-0.3, -0.25) is 4.90 Å². The van der Waals surface area contributed by atoms with Crippen LogP contribution < -0.4 is 14.2 Å². The largest absolute Gasteiger partial charge is 0.493 e. The zero-order valence-electron chi connectivity index (χ0n) is 14.7. The Labute approximate surface area is 142 Å². The molecule has 0 aliphatic carbocycles. The fourth-order valence-electron chi connectivity index (χ4n) is 3.93. The van der Waals surface area contributed by atoms with E-state index in [9.17, 15) is 4.79 Å². The zero-order valence-corrected chi connectivity index (χ0v) is 14.7. The maximum Gasteiger partial charge on any atom is 0.338 e. The molecule has 2 bridgehead atoms. The minimum atomic E-state index is -0.349. The molecule has 6 heteroatoms. The average Bonchev–Trinajstić information content (AvgIpc) is 2.83. The van der Waals surface area contributed by atoms with Gasteiger partial charge in [0.1, 0.15) is 6.10 Å². The van der Waals surface area contributed by atoms with Crippen molar-refractivity contribution in [2.45, 2.75) is 43.9 Å². The maximum atomic E-state index is 12.6. The lowest BCUT2D eigenvalue weighted by Gasteiger charge is -2.36. The Morgan fingerprint density at radius 1 is 1.00 bits per heavy atom. The summed E-state index contributed by atoms with van der Waals surface area (Å²) in [6.07, 6.45) is 4.24. The van der Waals surface area contributed by atoms with Crippen LogP contribution in [0, 0.1) is 0 Å². The van der Waals surface area contributed by atoms with Crippen LogP contribution in [0.2, 0.25) is 0 Å².